The highest BCUT2D eigenvalue weighted by atomic mass is 35.5. The summed E-state index contributed by atoms with van der Waals surface area (Å²) >= 11 is 6.01. The van der Waals surface area contributed by atoms with Gasteiger partial charge in [-0.15, -0.1) is 0 Å². The number of para-hydroxylation sites is 2. The highest BCUT2D eigenvalue weighted by Gasteiger charge is 2.20. The normalized spacial score (nSPS) is 11.5. The van der Waals surface area contributed by atoms with Crippen LogP contribution in [0, 0.1) is 6.92 Å². The van der Waals surface area contributed by atoms with Crippen LogP contribution in [0.1, 0.15) is 5.69 Å². The second-order valence-electron chi connectivity index (χ2n) is 4.66. The number of nitrogens with zero attached hydrogens (tertiary/aromatic N) is 2. The van der Waals surface area contributed by atoms with Gasteiger partial charge in [0.15, 0.2) is 27.8 Å². The molecule has 0 bridgehead atoms. The molecule has 0 amide bonds. The zero-order valence-corrected chi connectivity index (χ0v) is 13.1. The number of aromatic nitrogens is 3. The quantitative estimate of drug-likeness (QED) is 0.795. The van der Waals surface area contributed by atoms with Crippen molar-refractivity contribution in [3.05, 3.63) is 53.4 Å². The van der Waals surface area contributed by atoms with Crippen LogP contribution in [-0.2, 0) is 10.0 Å². The summed E-state index contributed by atoms with van der Waals surface area (Å²) < 4.78 is 27.0. The summed E-state index contributed by atoms with van der Waals surface area (Å²) in [6.07, 6.45) is 1.40. The summed E-state index contributed by atoms with van der Waals surface area (Å²) in [6, 6.07) is 10.2. The Morgan fingerprint density at radius 3 is 2.41 bits per heavy atom. The molecule has 8 heteroatoms. The molecule has 22 heavy (non-hydrogen) atoms. The van der Waals surface area contributed by atoms with Gasteiger partial charge in [-0.05, 0) is 18.2 Å². The number of nitrogens with one attached hydrogen (secondary N) is 2. The SMILES string of the molecule is Cc1ccc(S(=O)(=O)Nc2nc3ccccc3nc2Cl)c[nH+]1. The topological polar surface area (TPSA) is 86.1 Å². The van der Waals surface area contributed by atoms with Gasteiger partial charge in [0.1, 0.15) is 0 Å². The highest BCUT2D eigenvalue weighted by Crippen LogP contribution is 2.23. The number of rotatable bonds is 3. The summed E-state index contributed by atoms with van der Waals surface area (Å²) in [5.74, 6) is 0.000872. The first-order valence-electron chi connectivity index (χ1n) is 6.39. The van der Waals surface area contributed by atoms with Gasteiger partial charge in [0.25, 0.3) is 10.0 Å². The molecular weight excluding hydrogens is 324 g/mol. The maximum Gasteiger partial charge on any atom is 0.269 e. The average molecular weight is 336 g/mol. The fourth-order valence-corrected chi connectivity index (χ4v) is 3.10. The van der Waals surface area contributed by atoms with E-state index in [9.17, 15) is 8.42 Å². The van der Waals surface area contributed by atoms with Crippen molar-refractivity contribution in [1.29, 1.82) is 0 Å². The van der Waals surface area contributed by atoms with Crippen LogP contribution in [-0.4, -0.2) is 18.4 Å². The van der Waals surface area contributed by atoms with Crippen LogP contribution < -0.4 is 9.71 Å². The minimum absolute atomic E-state index is 0.000872. The van der Waals surface area contributed by atoms with Gasteiger partial charge >= 0.3 is 0 Å². The van der Waals surface area contributed by atoms with Gasteiger partial charge in [0.05, 0.1) is 11.0 Å². The molecule has 0 aliphatic carbocycles. The van der Waals surface area contributed by atoms with Gasteiger partial charge in [0.2, 0.25) is 0 Å². The number of aromatic amines is 1. The monoisotopic (exact) mass is 335 g/mol. The molecule has 0 unspecified atom stereocenters. The number of benzene rings is 1. The number of hydrogen-bond acceptors (Lipinski definition) is 4. The molecule has 2 aromatic heterocycles. The summed E-state index contributed by atoms with van der Waals surface area (Å²) in [5.41, 5.74) is 2.00. The van der Waals surface area contributed by atoms with Crippen LogP contribution in [0.15, 0.2) is 47.5 Å². The van der Waals surface area contributed by atoms with Crippen molar-refractivity contribution in [3.63, 3.8) is 0 Å². The first-order valence-corrected chi connectivity index (χ1v) is 8.25. The van der Waals surface area contributed by atoms with Gasteiger partial charge in [-0.25, -0.2) is 23.4 Å². The summed E-state index contributed by atoms with van der Waals surface area (Å²) in [5, 5.41) is -0.00151. The van der Waals surface area contributed by atoms with Crippen LogP contribution in [0.25, 0.3) is 11.0 Å². The van der Waals surface area contributed by atoms with Crippen LogP contribution in [0.4, 0.5) is 5.82 Å². The number of aryl methyl sites for hydroxylation is 1. The fourth-order valence-electron chi connectivity index (χ4n) is 1.89. The first kappa shape index (κ1) is 14.7. The Hall–Kier alpha value is -2.25. The molecule has 0 saturated heterocycles. The second-order valence-corrected chi connectivity index (χ2v) is 6.71. The van der Waals surface area contributed by atoms with Crippen LogP contribution in [0.2, 0.25) is 5.15 Å². The van der Waals surface area contributed by atoms with E-state index in [1.165, 1.54) is 12.3 Å². The summed E-state index contributed by atoms with van der Waals surface area (Å²) in [4.78, 5) is 11.3. The zero-order valence-electron chi connectivity index (χ0n) is 11.5. The number of sulfonamides is 1. The standard InChI is InChI=1S/C14H11ClN4O2S/c1-9-6-7-10(8-16-9)22(20,21)19-14-13(15)17-11-4-2-3-5-12(11)18-14/h2-8H,1H3,(H,18,19)/p+1. The third-order valence-corrected chi connectivity index (χ3v) is 4.61. The maximum atomic E-state index is 12.3. The molecule has 0 saturated carbocycles. The number of H-pyrrole nitrogens is 1. The van der Waals surface area contributed by atoms with Crippen molar-refractivity contribution >= 4 is 38.5 Å². The van der Waals surface area contributed by atoms with Gasteiger partial charge in [0, 0.05) is 13.0 Å². The van der Waals surface area contributed by atoms with Crippen LogP contribution >= 0.6 is 11.6 Å². The van der Waals surface area contributed by atoms with E-state index in [-0.39, 0.29) is 15.9 Å². The van der Waals surface area contributed by atoms with Gasteiger partial charge < -0.3 is 0 Å². The lowest BCUT2D eigenvalue weighted by molar-refractivity contribution is -0.390. The predicted octanol–water partition coefficient (Wildman–Crippen LogP) is 2.21. The Morgan fingerprint density at radius 1 is 1.09 bits per heavy atom. The van der Waals surface area contributed by atoms with E-state index in [0.29, 0.717) is 11.0 Å². The van der Waals surface area contributed by atoms with Crippen LogP contribution in [0.5, 0.6) is 0 Å². The molecule has 2 heterocycles. The number of pyridine rings is 1. The average Bonchev–Trinajstić information content (AvgIpc) is 2.48. The zero-order chi connectivity index (χ0) is 15.7. The Labute approximate surface area is 132 Å². The van der Waals surface area contributed by atoms with Crippen molar-refractivity contribution in [3.8, 4) is 0 Å². The van der Waals surface area contributed by atoms with Crippen molar-refractivity contribution in [2.45, 2.75) is 11.8 Å². The smallest absolute Gasteiger partial charge is 0.261 e. The predicted molar refractivity (Wildman–Crippen MR) is 83.1 cm³/mol. The lowest BCUT2D eigenvalue weighted by atomic mass is 10.3. The molecule has 0 radical (unpaired) electrons. The van der Waals surface area contributed by atoms with E-state index in [1.54, 1.807) is 30.3 Å². The maximum absolute atomic E-state index is 12.3. The first-order chi connectivity index (χ1) is 10.5. The molecule has 0 atom stereocenters. The third kappa shape index (κ3) is 2.86. The summed E-state index contributed by atoms with van der Waals surface area (Å²) in [6.45, 7) is 1.83. The molecule has 0 aliphatic rings. The van der Waals surface area contributed by atoms with E-state index in [4.69, 9.17) is 11.6 Å². The second kappa shape index (κ2) is 5.51. The van der Waals surface area contributed by atoms with Gasteiger partial charge in [-0.3, -0.25) is 4.72 Å². The Bertz CT molecular complexity index is 943. The Balaban J connectivity index is 2.01. The third-order valence-electron chi connectivity index (χ3n) is 3.01. The molecule has 1 aromatic carbocycles. The molecule has 112 valence electrons. The van der Waals surface area contributed by atoms with Crippen molar-refractivity contribution in [2.24, 2.45) is 0 Å². The molecular formula is C14H12ClN4O2S+. The van der Waals surface area contributed by atoms with E-state index in [0.717, 1.165) is 5.69 Å². The molecule has 3 rings (SSSR count). The molecule has 0 spiro atoms. The fraction of sp³-hybridized carbons (Fsp3) is 0.0714. The number of anilines is 1. The van der Waals surface area contributed by atoms with Crippen LogP contribution in [0.3, 0.4) is 0 Å². The molecule has 3 aromatic rings. The number of fused-ring (bicyclic) bond motifs is 1. The van der Waals surface area contributed by atoms with E-state index in [2.05, 4.69) is 19.7 Å². The number of halogens is 1. The highest BCUT2D eigenvalue weighted by molar-refractivity contribution is 7.92. The van der Waals surface area contributed by atoms with Gasteiger partial charge in [-0.2, -0.15) is 0 Å². The largest absolute Gasteiger partial charge is 0.269 e. The molecule has 2 N–H and O–H groups in total. The number of hydrogen-bond donors (Lipinski definition) is 1. The van der Waals surface area contributed by atoms with E-state index >= 15 is 0 Å². The Morgan fingerprint density at radius 2 is 1.77 bits per heavy atom. The Kier molecular flexibility index (Phi) is 3.67. The summed E-state index contributed by atoms with van der Waals surface area (Å²) in [7, 11) is -3.79. The van der Waals surface area contributed by atoms with Gasteiger partial charge in [-0.1, -0.05) is 23.7 Å². The van der Waals surface area contributed by atoms with Crippen molar-refractivity contribution in [2.75, 3.05) is 4.72 Å². The van der Waals surface area contributed by atoms with Crippen molar-refractivity contribution < 1.29 is 13.4 Å². The minimum Gasteiger partial charge on any atom is -0.261 e. The van der Waals surface area contributed by atoms with Crippen molar-refractivity contribution in [1.82, 2.24) is 9.97 Å². The molecule has 0 fully saturated rings. The molecule has 0 aliphatic heterocycles. The van der Waals surface area contributed by atoms with E-state index in [1.807, 2.05) is 6.92 Å². The lowest BCUT2D eigenvalue weighted by Crippen LogP contribution is -2.18. The molecule has 6 nitrogen and oxygen atoms in total. The van der Waals surface area contributed by atoms with E-state index < -0.39 is 10.0 Å². The lowest BCUT2D eigenvalue weighted by Gasteiger charge is -2.08. The minimum atomic E-state index is -3.79.